The Kier molecular flexibility index (Phi) is 5.26. The van der Waals surface area contributed by atoms with Crippen LogP contribution in [-0.2, 0) is 14.3 Å². The van der Waals surface area contributed by atoms with E-state index in [4.69, 9.17) is 9.47 Å². The zero-order valence-electron chi connectivity index (χ0n) is 14.1. The number of carbonyl (C=O) groups excluding carboxylic acids is 2. The number of carbonyl (C=O) groups is 2. The van der Waals surface area contributed by atoms with Crippen molar-refractivity contribution in [3.8, 4) is 5.75 Å². The molecule has 6 heteroatoms. The minimum absolute atomic E-state index is 0.377. The predicted molar refractivity (Wildman–Crippen MR) is 87.7 cm³/mol. The molecule has 1 heterocycles. The fourth-order valence-electron chi connectivity index (χ4n) is 2.50. The number of anilines is 1. The number of ether oxygens (including phenoxy) is 2. The Labute approximate surface area is 136 Å². The number of hydrogen-bond acceptors (Lipinski definition) is 4. The van der Waals surface area contributed by atoms with Crippen molar-refractivity contribution in [3.05, 3.63) is 23.8 Å². The van der Waals surface area contributed by atoms with Crippen LogP contribution in [0, 0.1) is 6.92 Å². The summed E-state index contributed by atoms with van der Waals surface area (Å²) in [7, 11) is 1.66. The number of aryl methyl sites for hydroxylation is 1. The lowest BCUT2D eigenvalue weighted by molar-refractivity contribution is -0.148. The molecule has 0 fully saturated rings. The zero-order valence-corrected chi connectivity index (χ0v) is 14.1. The predicted octanol–water partition coefficient (Wildman–Crippen LogP) is 1.65. The third-order valence-electron chi connectivity index (χ3n) is 3.89. The van der Waals surface area contributed by atoms with Gasteiger partial charge in [-0.2, -0.15) is 0 Å². The minimum atomic E-state index is -1.55. The van der Waals surface area contributed by atoms with E-state index >= 15 is 0 Å². The second kappa shape index (κ2) is 7.00. The van der Waals surface area contributed by atoms with E-state index in [9.17, 15) is 9.59 Å². The van der Waals surface area contributed by atoms with Crippen LogP contribution >= 0.6 is 0 Å². The van der Waals surface area contributed by atoms with E-state index < -0.39 is 11.5 Å². The van der Waals surface area contributed by atoms with Crippen molar-refractivity contribution in [2.45, 2.75) is 32.8 Å². The summed E-state index contributed by atoms with van der Waals surface area (Å²) >= 11 is 0. The van der Waals surface area contributed by atoms with Crippen LogP contribution in [0.25, 0.3) is 0 Å². The van der Waals surface area contributed by atoms with Gasteiger partial charge < -0.3 is 19.7 Å². The molecule has 1 aromatic rings. The Hall–Kier alpha value is -2.08. The summed E-state index contributed by atoms with van der Waals surface area (Å²) in [5.74, 6) is -0.278. The van der Waals surface area contributed by atoms with Crippen molar-refractivity contribution in [1.29, 1.82) is 0 Å². The van der Waals surface area contributed by atoms with Crippen molar-refractivity contribution >= 4 is 17.5 Å². The van der Waals surface area contributed by atoms with Crippen LogP contribution in [0.4, 0.5) is 5.69 Å². The lowest BCUT2D eigenvalue weighted by Crippen LogP contribution is -2.61. The quantitative estimate of drug-likeness (QED) is 0.639. The summed E-state index contributed by atoms with van der Waals surface area (Å²) in [6, 6.07) is 5.55. The van der Waals surface area contributed by atoms with Gasteiger partial charge >= 0.3 is 0 Å². The summed E-state index contributed by atoms with van der Waals surface area (Å²) in [5, 5.41) is 2.75. The van der Waals surface area contributed by atoms with E-state index in [1.807, 2.05) is 26.0 Å². The first kappa shape index (κ1) is 17.3. The van der Waals surface area contributed by atoms with Gasteiger partial charge in [0.25, 0.3) is 17.4 Å². The van der Waals surface area contributed by atoms with Crippen LogP contribution in [0.2, 0.25) is 0 Å². The van der Waals surface area contributed by atoms with E-state index in [-0.39, 0.29) is 5.91 Å². The third-order valence-corrected chi connectivity index (χ3v) is 3.89. The van der Waals surface area contributed by atoms with Crippen LogP contribution in [0.1, 0.15) is 25.8 Å². The molecule has 1 aromatic carbocycles. The number of fused-ring (bicyclic) bond motifs is 1. The maximum Gasteiger partial charge on any atom is 0.280 e. The number of nitrogens with one attached hydrogen (secondary N) is 1. The fourth-order valence-corrected chi connectivity index (χ4v) is 2.50. The van der Waals surface area contributed by atoms with Crippen LogP contribution in [0.5, 0.6) is 5.75 Å². The highest BCUT2D eigenvalue weighted by Crippen LogP contribution is 2.37. The lowest BCUT2D eigenvalue weighted by atomic mass is 10.00. The monoisotopic (exact) mass is 320 g/mol. The van der Waals surface area contributed by atoms with Crippen LogP contribution in [-0.4, -0.2) is 44.2 Å². The van der Waals surface area contributed by atoms with Gasteiger partial charge in [0.2, 0.25) is 0 Å². The van der Waals surface area contributed by atoms with Gasteiger partial charge in [-0.25, -0.2) is 0 Å². The molecule has 0 bridgehead atoms. The Morgan fingerprint density at radius 3 is 2.87 bits per heavy atom. The van der Waals surface area contributed by atoms with Crippen molar-refractivity contribution in [3.63, 3.8) is 0 Å². The van der Waals surface area contributed by atoms with Crippen molar-refractivity contribution in [1.82, 2.24) is 5.32 Å². The molecule has 0 aliphatic carbocycles. The number of hydrogen-bond donors (Lipinski definition) is 1. The highest BCUT2D eigenvalue weighted by molar-refractivity contribution is 6.16. The van der Waals surface area contributed by atoms with Gasteiger partial charge in [-0.3, -0.25) is 9.59 Å². The van der Waals surface area contributed by atoms with Gasteiger partial charge in [-0.15, -0.1) is 0 Å². The molecule has 0 saturated carbocycles. The Balaban J connectivity index is 2.10. The van der Waals surface area contributed by atoms with Gasteiger partial charge in [0.15, 0.2) is 0 Å². The van der Waals surface area contributed by atoms with Gasteiger partial charge in [0.1, 0.15) is 5.75 Å². The number of nitrogens with zero attached hydrogens (tertiary/aromatic N) is 1. The maximum atomic E-state index is 12.6. The number of likely N-dealkylation sites (N-methyl/N-ethyl adjacent to an activating group) is 1. The maximum absolute atomic E-state index is 12.6. The van der Waals surface area contributed by atoms with Crippen LogP contribution in [0.3, 0.4) is 0 Å². The van der Waals surface area contributed by atoms with Crippen molar-refractivity contribution < 1.29 is 19.1 Å². The second-order valence-corrected chi connectivity index (χ2v) is 5.78. The van der Waals surface area contributed by atoms with E-state index in [2.05, 4.69) is 5.32 Å². The molecule has 0 aromatic heterocycles. The van der Waals surface area contributed by atoms with Crippen molar-refractivity contribution in [2.24, 2.45) is 0 Å². The van der Waals surface area contributed by atoms with Gasteiger partial charge in [0, 0.05) is 26.8 Å². The normalized spacial score (nSPS) is 20.0. The summed E-state index contributed by atoms with van der Waals surface area (Å²) < 4.78 is 11.0. The molecule has 1 atom stereocenters. The summed E-state index contributed by atoms with van der Waals surface area (Å²) in [5.41, 5.74) is 0.149. The molecular formula is C17H24N2O4. The summed E-state index contributed by atoms with van der Waals surface area (Å²) in [6.45, 7) is 7.03. The Morgan fingerprint density at radius 1 is 1.43 bits per heavy atom. The highest BCUT2D eigenvalue weighted by atomic mass is 16.5. The van der Waals surface area contributed by atoms with Gasteiger partial charge in [-0.05, 0) is 44.9 Å². The summed E-state index contributed by atoms with van der Waals surface area (Å²) in [6.07, 6.45) is 0.690. The molecule has 1 N–H and O–H groups in total. The highest BCUT2D eigenvalue weighted by Gasteiger charge is 2.49. The second-order valence-electron chi connectivity index (χ2n) is 5.78. The average molecular weight is 320 g/mol. The van der Waals surface area contributed by atoms with E-state index in [1.54, 1.807) is 13.1 Å². The Morgan fingerprint density at radius 2 is 2.17 bits per heavy atom. The van der Waals surface area contributed by atoms with Gasteiger partial charge in [-0.1, -0.05) is 6.07 Å². The fraction of sp³-hybridized carbons (Fsp3) is 0.529. The SMILES string of the molecule is CCOCCCNC(=O)C1(C)Oc2ccc(C)cc2N(C)C1=O. The van der Waals surface area contributed by atoms with Crippen LogP contribution in [0.15, 0.2) is 18.2 Å². The topological polar surface area (TPSA) is 67.9 Å². The molecule has 23 heavy (non-hydrogen) atoms. The molecule has 0 saturated heterocycles. The van der Waals surface area contributed by atoms with Crippen LogP contribution < -0.4 is 15.0 Å². The number of benzene rings is 1. The molecule has 126 valence electrons. The van der Waals surface area contributed by atoms with Gasteiger partial charge in [0.05, 0.1) is 5.69 Å². The molecule has 1 unspecified atom stereocenters. The summed E-state index contributed by atoms with van der Waals surface area (Å²) in [4.78, 5) is 26.6. The minimum Gasteiger partial charge on any atom is -0.466 e. The average Bonchev–Trinajstić information content (AvgIpc) is 2.53. The smallest absolute Gasteiger partial charge is 0.280 e. The molecule has 2 amide bonds. The molecule has 1 aliphatic rings. The third kappa shape index (κ3) is 3.47. The lowest BCUT2D eigenvalue weighted by Gasteiger charge is -2.38. The molecule has 6 nitrogen and oxygen atoms in total. The molecule has 0 radical (unpaired) electrons. The first-order valence-electron chi connectivity index (χ1n) is 7.84. The Bertz CT molecular complexity index is 602. The number of rotatable bonds is 6. The largest absolute Gasteiger partial charge is 0.466 e. The first-order chi connectivity index (χ1) is 10.9. The van der Waals surface area contributed by atoms with Crippen molar-refractivity contribution in [2.75, 3.05) is 31.7 Å². The molecule has 1 aliphatic heterocycles. The standard InChI is InChI=1S/C17H24N2O4/c1-5-22-10-6-9-18-15(20)17(3)16(21)19(4)13-11-12(2)7-8-14(13)23-17/h7-8,11H,5-6,9-10H2,1-4H3,(H,18,20). The van der Waals surface area contributed by atoms with E-state index in [1.165, 1.54) is 11.8 Å². The number of amides is 2. The first-order valence-corrected chi connectivity index (χ1v) is 7.84. The zero-order chi connectivity index (χ0) is 17.0. The molecule has 2 rings (SSSR count). The van der Waals surface area contributed by atoms with E-state index in [0.29, 0.717) is 37.6 Å². The molecule has 0 spiro atoms. The van der Waals surface area contributed by atoms with E-state index in [0.717, 1.165) is 5.56 Å². The molecular weight excluding hydrogens is 296 g/mol.